The van der Waals surface area contributed by atoms with Crippen LogP contribution in [0.25, 0.3) is 10.9 Å². The van der Waals surface area contributed by atoms with E-state index >= 15 is 0 Å². The number of rotatable bonds is 6. The van der Waals surface area contributed by atoms with Crippen molar-refractivity contribution in [3.63, 3.8) is 0 Å². The average molecular weight is 258 g/mol. The monoisotopic (exact) mass is 258 g/mol. The number of H-pyrrole nitrogens is 1. The fraction of sp³-hybridized carbons (Fsp3) is 0.400. The number of hydrogen-bond donors (Lipinski definition) is 3. The van der Waals surface area contributed by atoms with Crippen molar-refractivity contribution in [1.29, 1.82) is 0 Å². The molecule has 1 heterocycles. The molecule has 100 valence electrons. The number of para-hydroxylation sites is 1. The number of hydrogen-bond acceptors (Lipinski definition) is 2. The molecule has 3 rings (SSSR count). The molecule has 1 aromatic carbocycles. The Morgan fingerprint density at radius 3 is 2.89 bits per heavy atom. The molecule has 1 saturated carbocycles. The molecule has 0 unspecified atom stereocenters. The highest BCUT2D eigenvalue weighted by atomic mass is 16.4. The van der Waals surface area contributed by atoms with Crippen molar-refractivity contribution in [2.45, 2.75) is 19.3 Å². The maximum atomic E-state index is 11.0. The van der Waals surface area contributed by atoms with Gasteiger partial charge < -0.3 is 15.4 Å². The average Bonchev–Trinajstić information content (AvgIpc) is 3.10. The molecule has 0 atom stereocenters. The molecular formula is C15H18N2O2. The lowest BCUT2D eigenvalue weighted by atomic mass is 10.1. The molecule has 4 nitrogen and oxygen atoms in total. The van der Waals surface area contributed by atoms with Crippen LogP contribution in [0.3, 0.4) is 0 Å². The van der Waals surface area contributed by atoms with E-state index < -0.39 is 11.4 Å². The van der Waals surface area contributed by atoms with E-state index in [-0.39, 0.29) is 0 Å². The molecule has 0 saturated heterocycles. The number of carbonyl (C=O) groups is 1. The maximum absolute atomic E-state index is 11.0. The summed E-state index contributed by atoms with van der Waals surface area (Å²) in [6, 6.07) is 8.23. The van der Waals surface area contributed by atoms with Gasteiger partial charge in [-0.1, -0.05) is 18.2 Å². The number of fused-ring (bicyclic) bond motifs is 1. The summed E-state index contributed by atoms with van der Waals surface area (Å²) in [7, 11) is 0. The second-order valence-electron chi connectivity index (χ2n) is 5.37. The van der Waals surface area contributed by atoms with E-state index in [0.717, 1.165) is 31.3 Å². The van der Waals surface area contributed by atoms with Gasteiger partial charge in [0.15, 0.2) is 0 Å². The van der Waals surface area contributed by atoms with Crippen molar-refractivity contribution in [1.82, 2.24) is 10.3 Å². The standard InChI is InChI=1S/C15H18N2O2/c18-14(19)15(6-7-15)10-16-8-5-11-9-17-13-4-2-1-3-12(11)13/h1-4,9,16-17H,5-8,10H2,(H,18,19). The SMILES string of the molecule is O=C(O)C1(CNCCc2c[nH]c3ccccc23)CC1. The minimum Gasteiger partial charge on any atom is -0.481 e. The summed E-state index contributed by atoms with van der Waals surface area (Å²) in [6.45, 7) is 1.40. The molecule has 1 aromatic heterocycles. The van der Waals surface area contributed by atoms with Gasteiger partial charge in [-0.15, -0.1) is 0 Å². The van der Waals surface area contributed by atoms with Crippen LogP contribution >= 0.6 is 0 Å². The first kappa shape index (κ1) is 12.2. The lowest BCUT2D eigenvalue weighted by molar-refractivity contribution is -0.143. The highest BCUT2D eigenvalue weighted by Crippen LogP contribution is 2.45. The Hall–Kier alpha value is -1.81. The Morgan fingerprint density at radius 2 is 2.16 bits per heavy atom. The summed E-state index contributed by atoms with van der Waals surface area (Å²) in [5, 5.41) is 13.6. The second-order valence-corrected chi connectivity index (χ2v) is 5.37. The molecule has 4 heteroatoms. The van der Waals surface area contributed by atoms with Gasteiger partial charge in [0.2, 0.25) is 0 Å². The van der Waals surface area contributed by atoms with Gasteiger partial charge in [-0.2, -0.15) is 0 Å². The van der Waals surface area contributed by atoms with Crippen LogP contribution in [0, 0.1) is 5.41 Å². The third-order valence-electron chi connectivity index (χ3n) is 4.02. The van der Waals surface area contributed by atoms with Gasteiger partial charge in [0.25, 0.3) is 0 Å². The van der Waals surface area contributed by atoms with Gasteiger partial charge in [-0.25, -0.2) is 0 Å². The minimum absolute atomic E-state index is 0.472. The van der Waals surface area contributed by atoms with Crippen molar-refractivity contribution in [2.75, 3.05) is 13.1 Å². The summed E-state index contributed by atoms with van der Waals surface area (Å²) >= 11 is 0. The smallest absolute Gasteiger partial charge is 0.310 e. The number of aromatic amines is 1. The lowest BCUT2D eigenvalue weighted by Gasteiger charge is -2.10. The summed E-state index contributed by atoms with van der Waals surface area (Å²) in [4.78, 5) is 14.3. The van der Waals surface area contributed by atoms with Crippen LogP contribution in [-0.2, 0) is 11.2 Å². The van der Waals surface area contributed by atoms with Crippen LogP contribution in [-0.4, -0.2) is 29.1 Å². The first-order valence-electron chi connectivity index (χ1n) is 6.70. The zero-order valence-electron chi connectivity index (χ0n) is 10.8. The van der Waals surface area contributed by atoms with E-state index in [1.54, 1.807) is 0 Å². The number of nitrogens with one attached hydrogen (secondary N) is 2. The zero-order valence-corrected chi connectivity index (χ0v) is 10.8. The van der Waals surface area contributed by atoms with Crippen LogP contribution in [0.4, 0.5) is 0 Å². The fourth-order valence-corrected chi connectivity index (χ4v) is 2.51. The van der Waals surface area contributed by atoms with Crippen molar-refractivity contribution >= 4 is 16.9 Å². The summed E-state index contributed by atoms with van der Waals surface area (Å²) in [5.74, 6) is -0.660. The fourth-order valence-electron chi connectivity index (χ4n) is 2.51. The Balaban J connectivity index is 1.54. The van der Waals surface area contributed by atoms with Crippen LogP contribution in [0.1, 0.15) is 18.4 Å². The molecular weight excluding hydrogens is 240 g/mol. The molecule has 1 fully saturated rings. The quantitative estimate of drug-likeness (QED) is 0.696. The van der Waals surface area contributed by atoms with Crippen LogP contribution < -0.4 is 5.32 Å². The van der Waals surface area contributed by atoms with Crippen LogP contribution in [0.2, 0.25) is 0 Å². The van der Waals surface area contributed by atoms with Gasteiger partial charge >= 0.3 is 5.97 Å². The van der Waals surface area contributed by atoms with E-state index in [0.29, 0.717) is 6.54 Å². The predicted molar refractivity (Wildman–Crippen MR) is 74.2 cm³/mol. The van der Waals surface area contributed by atoms with Crippen LogP contribution in [0.15, 0.2) is 30.5 Å². The predicted octanol–water partition coefficient (Wildman–Crippen LogP) is 2.16. The molecule has 0 amide bonds. The molecule has 0 spiro atoms. The Morgan fingerprint density at radius 1 is 1.37 bits per heavy atom. The van der Waals surface area contributed by atoms with Crippen molar-refractivity contribution in [3.8, 4) is 0 Å². The Bertz CT molecular complexity index is 599. The molecule has 2 aromatic rings. The van der Waals surface area contributed by atoms with Crippen LogP contribution in [0.5, 0.6) is 0 Å². The molecule has 0 aliphatic heterocycles. The zero-order chi connectivity index (χ0) is 13.3. The summed E-state index contributed by atoms with van der Waals surface area (Å²) in [5.41, 5.74) is 1.96. The number of aliphatic carboxylic acids is 1. The summed E-state index contributed by atoms with van der Waals surface area (Å²) < 4.78 is 0. The van der Waals surface area contributed by atoms with Crippen molar-refractivity contribution < 1.29 is 9.90 Å². The Kier molecular flexibility index (Phi) is 3.03. The van der Waals surface area contributed by atoms with Crippen molar-refractivity contribution in [3.05, 3.63) is 36.0 Å². The van der Waals surface area contributed by atoms with E-state index in [4.69, 9.17) is 5.11 Å². The minimum atomic E-state index is -0.660. The number of carboxylic acids is 1. The van der Waals surface area contributed by atoms with Gasteiger partial charge in [0.05, 0.1) is 5.41 Å². The second kappa shape index (κ2) is 4.70. The van der Waals surface area contributed by atoms with E-state index in [2.05, 4.69) is 22.4 Å². The lowest BCUT2D eigenvalue weighted by Crippen LogP contribution is -2.31. The summed E-state index contributed by atoms with van der Waals surface area (Å²) in [6.07, 6.45) is 4.57. The van der Waals surface area contributed by atoms with E-state index in [1.165, 1.54) is 10.9 Å². The topological polar surface area (TPSA) is 65.1 Å². The maximum Gasteiger partial charge on any atom is 0.310 e. The largest absolute Gasteiger partial charge is 0.481 e. The van der Waals surface area contributed by atoms with Gasteiger partial charge in [-0.05, 0) is 37.4 Å². The molecule has 1 aliphatic carbocycles. The number of aromatic nitrogens is 1. The molecule has 0 bridgehead atoms. The molecule has 19 heavy (non-hydrogen) atoms. The van der Waals surface area contributed by atoms with E-state index in [1.807, 2.05) is 18.3 Å². The third kappa shape index (κ3) is 2.36. The molecule has 1 aliphatic rings. The highest BCUT2D eigenvalue weighted by molar-refractivity contribution is 5.83. The van der Waals surface area contributed by atoms with E-state index in [9.17, 15) is 4.79 Å². The number of carboxylic acid groups (broad SMARTS) is 1. The normalized spacial score (nSPS) is 16.6. The highest BCUT2D eigenvalue weighted by Gasteiger charge is 2.49. The van der Waals surface area contributed by atoms with Crippen molar-refractivity contribution in [2.24, 2.45) is 5.41 Å². The third-order valence-corrected chi connectivity index (χ3v) is 4.02. The van der Waals surface area contributed by atoms with Gasteiger partial charge in [0, 0.05) is 23.6 Å². The first-order chi connectivity index (χ1) is 9.21. The Labute approximate surface area is 111 Å². The molecule has 0 radical (unpaired) electrons. The van der Waals surface area contributed by atoms with Gasteiger partial charge in [0.1, 0.15) is 0 Å². The van der Waals surface area contributed by atoms with Gasteiger partial charge in [-0.3, -0.25) is 4.79 Å². The number of benzene rings is 1. The first-order valence-corrected chi connectivity index (χ1v) is 6.70. The molecule has 3 N–H and O–H groups in total.